The van der Waals surface area contributed by atoms with Crippen LogP contribution >= 0.6 is 11.6 Å². The van der Waals surface area contributed by atoms with Crippen molar-refractivity contribution in [2.45, 2.75) is 58.4 Å². The maximum Gasteiger partial charge on any atom is 0.142 e. The van der Waals surface area contributed by atoms with Crippen LogP contribution in [0.5, 0.6) is 0 Å². The third kappa shape index (κ3) is 5.50. The second kappa shape index (κ2) is 9.33. The summed E-state index contributed by atoms with van der Waals surface area (Å²) >= 11 is 6.09. The van der Waals surface area contributed by atoms with Crippen LogP contribution in [0.25, 0.3) is 0 Å². The van der Waals surface area contributed by atoms with E-state index in [1.807, 2.05) is 6.07 Å². The molecule has 1 atom stereocenters. The van der Waals surface area contributed by atoms with Gasteiger partial charge in [-0.15, -0.1) is 0 Å². The molecule has 1 N–H and O–H groups in total. The van der Waals surface area contributed by atoms with Gasteiger partial charge < -0.3 is 5.32 Å². The van der Waals surface area contributed by atoms with E-state index in [4.69, 9.17) is 11.6 Å². The number of halogens is 2. The van der Waals surface area contributed by atoms with Gasteiger partial charge in [0.15, 0.2) is 0 Å². The maximum absolute atomic E-state index is 13.5. The van der Waals surface area contributed by atoms with Crippen LogP contribution in [0.4, 0.5) is 4.39 Å². The third-order valence-electron chi connectivity index (χ3n) is 3.34. The van der Waals surface area contributed by atoms with Crippen LogP contribution in [0.15, 0.2) is 18.2 Å². The minimum Gasteiger partial charge on any atom is -0.310 e. The zero-order chi connectivity index (χ0) is 14.1. The predicted molar refractivity (Wildman–Crippen MR) is 81.2 cm³/mol. The number of unbranched alkanes of at least 4 members (excludes halogenated alkanes) is 3. The molecule has 0 fully saturated rings. The average Bonchev–Trinajstić information content (AvgIpc) is 2.42. The molecule has 0 amide bonds. The number of hydrogen-bond acceptors (Lipinski definition) is 1. The van der Waals surface area contributed by atoms with Crippen molar-refractivity contribution < 1.29 is 4.39 Å². The summed E-state index contributed by atoms with van der Waals surface area (Å²) < 4.78 is 13.5. The van der Waals surface area contributed by atoms with Crippen LogP contribution in [-0.4, -0.2) is 6.54 Å². The van der Waals surface area contributed by atoms with Crippen molar-refractivity contribution in [2.75, 3.05) is 6.54 Å². The fourth-order valence-corrected chi connectivity index (χ4v) is 2.51. The van der Waals surface area contributed by atoms with Gasteiger partial charge in [-0.25, -0.2) is 4.39 Å². The van der Waals surface area contributed by atoms with Gasteiger partial charge in [0.05, 0.1) is 5.02 Å². The molecule has 1 aromatic rings. The van der Waals surface area contributed by atoms with Crippen molar-refractivity contribution in [3.8, 4) is 0 Å². The number of hydrogen-bond donors (Lipinski definition) is 1. The molecule has 1 nitrogen and oxygen atoms in total. The van der Waals surface area contributed by atoms with Crippen LogP contribution in [0.3, 0.4) is 0 Å². The highest BCUT2D eigenvalue weighted by atomic mass is 35.5. The molecule has 1 unspecified atom stereocenters. The van der Waals surface area contributed by atoms with E-state index in [1.54, 1.807) is 6.07 Å². The first-order valence-corrected chi connectivity index (χ1v) is 7.75. The first kappa shape index (κ1) is 16.5. The Labute approximate surface area is 121 Å². The molecule has 0 saturated heterocycles. The summed E-state index contributed by atoms with van der Waals surface area (Å²) in [5.74, 6) is -0.323. The van der Waals surface area contributed by atoms with Crippen molar-refractivity contribution in [1.82, 2.24) is 5.32 Å². The normalized spacial score (nSPS) is 12.6. The summed E-state index contributed by atoms with van der Waals surface area (Å²) in [4.78, 5) is 0. The van der Waals surface area contributed by atoms with Gasteiger partial charge in [-0.3, -0.25) is 0 Å². The first-order chi connectivity index (χ1) is 9.20. The van der Waals surface area contributed by atoms with Crippen LogP contribution in [0, 0.1) is 5.82 Å². The van der Waals surface area contributed by atoms with E-state index in [9.17, 15) is 4.39 Å². The largest absolute Gasteiger partial charge is 0.310 e. The second-order valence-electron chi connectivity index (χ2n) is 5.00. The third-order valence-corrected chi connectivity index (χ3v) is 3.74. The van der Waals surface area contributed by atoms with Crippen LogP contribution < -0.4 is 5.32 Å². The van der Waals surface area contributed by atoms with Gasteiger partial charge in [0, 0.05) is 6.04 Å². The SMILES string of the molecule is CCCCCCC(NCCC)c1cccc(F)c1Cl. The van der Waals surface area contributed by atoms with Gasteiger partial charge in [0.25, 0.3) is 0 Å². The van der Waals surface area contributed by atoms with Crippen LogP contribution in [-0.2, 0) is 0 Å². The molecule has 0 spiro atoms. The van der Waals surface area contributed by atoms with Crippen LogP contribution in [0.1, 0.15) is 64.0 Å². The zero-order valence-corrected chi connectivity index (χ0v) is 12.8. The Balaban J connectivity index is 2.69. The van der Waals surface area contributed by atoms with Gasteiger partial charge in [-0.2, -0.15) is 0 Å². The summed E-state index contributed by atoms with van der Waals surface area (Å²) in [5, 5.41) is 3.75. The van der Waals surface area contributed by atoms with E-state index in [1.165, 1.54) is 25.3 Å². The summed E-state index contributed by atoms with van der Waals surface area (Å²) in [6.07, 6.45) is 6.96. The van der Waals surface area contributed by atoms with Crippen molar-refractivity contribution in [1.29, 1.82) is 0 Å². The average molecular weight is 286 g/mol. The fraction of sp³-hybridized carbons (Fsp3) is 0.625. The van der Waals surface area contributed by atoms with Gasteiger partial charge in [0.1, 0.15) is 5.82 Å². The molecule has 0 saturated carbocycles. The summed E-state index contributed by atoms with van der Waals surface area (Å²) in [6, 6.07) is 5.25. The Bertz CT molecular complexity index is 368. The van der Waals surface area contributed by atoms with Crippen LogP contribution in [0.2, 0.25) is 5.02 Å². The molecule has 3 heteroatoms. The zero-order valence-electron chi connectivity index (χ0n) is 12.0. The molecule has 0 aliphatic heterocycles. The first-order valence-electron chi connectivity index (χ1n) is 7.38. The summed E-state index contributed by atoms with van der Waals surface area (Å²) in [7, 11) is 0. The lowest BCUT2D eigenvalue weighted by Gasteiger charge is -2.20. The molecule has 1 rings (SSSR count). The Morgan fingerprint density at radius 1 is 1.16 bits per heavy atom. The van der Waals surface area contributed by atoms with E-state index in [0.717, 1.165) is 31.4 Å². The molecule has 19 heavy (non-hydrogen) atoms. The van der Waals surface area contributed by atoms with E-state index in [2.05, 4.69) is 19.2 Å². The topological polar surface area (TPSA) is 12.0 Å². The van der Waals surface area contributed by atoms with Crippen molar-refractivity contribution in [3.05, 3.63) is 34.6 Å². The Morgan fingerprint density at radius 3 is 2.63 bits per heavy atom. The Hall–Kier alpha value is -0.600. The highest BCUT2D eigenvalue weighted by Crippen LogP contribution is 2.29. The highest BCUT2D eigenvalue weighted by Gasteiger charge is 2.15. The van der Waals surface area contributed by atoms with Crippen molar-refractivity contribution >= 4 is 11.6 Å². The molecular weight excluding hydrogens is 261 g/mol. The Kier molecular flexibility index (Phi) is 8.08. The Morgan fingerprint density at radius 2 is 1.95 bits per heavy atom. The molecule has 0 bridgehead atoms. The summed E-state index contributed by atoms with van der Waals surface area (Å²) in [6.45, 7) is 5.27. The highest BCUT2D eigenvalue weighted by molar-refractivity contribution is 6.31. The van der Waals surface area contributed by atoms with E-state index >= 15 is 0 Å². The molecular formula is C16H25ClFN. The standard InChI is InChI=1S/C16H25ClFN/c1-3-5-6-7-11-15(19-12-4-2)13-9-8-10-14(18)16(13)17/h8-10,15,19H,3-7,11-12H2,1-2H3. The summed E-state index contributed by atoms with van der Waals surface area (Å²) in [5.41, 5.74) is 0.895. The molecule has 108 valence electrons. The number of nitrogens with one attached hydrogen (secondary N) is 1. The molecule has 0 aliphatic carbocycles. The lowest BCUT2D eigenvalue weighted by atomic mass is 9.99. The van der Waals surface area contributed by atoms with Gasteiger partial charge in [-0.1, -0.05) is 63.3 Å². The fourth-order valence-electron chi connectivity index (χ4n) is 2.25. The molecule has 1 aromatic carbocycles. The van der Waals surface area contributed by atoms with E-state index in [-0.39, 0.29) is 16.9 Å². The molecule has 0 aromatic heterocycles. The maximum atomic E-state index is 13.5. The lowest BCUT2D eigenvalue weighted by molar-refractivity contribution is 0.468. The van der Waals surface area contributed by atoms with Crippen molar-refractivity contribution in [2.24, 2.45) is 0 Å². The number of benzene rings is 1. The van der Waals surface area contributed by atoms with Gasteiger partial charge >= 0.3 is 0 Å². The quantitative estimate of drug-likeness (QED) is 0.592. The second-order valence-corrected chi connectivity index (χ2v) is 5.38. The monoisotopic (exact) mass is 285 g/mol. The lowest BCUT2D eigenvalue weighted by Crippen LogP contribution is -2.22. The van der Waals surface area contributed by atoms with Gasteiger partial charge in [-0.05, 0) is 31.0 Å². The van der Waals surface area contributed by atoms with E-state index < -0.39 is 0 Å². The number of rotatable bonds is 9. The van der Waals surface area contributed by atoms with Gasteiger partial charge in [0.2, 0.25) is 0 Å². The van der Waals surface area contributed by atoms with Crippen molar-refractivity contribution in [3.63, 3.8) is 0 Å². The minimum atomic E-state index is -0.323. The molecule has 0 heterocycles. The minimum absolute atomic E-state index is 0.167. The molecule has 0 radical (unpaired) electrons. The predicted octanol–water partition coefficient (Wildman–Crippen LogP) is 5.49. The smallest absolute Gasteiger partial charge is 0.142 e. The van der Waals surface area contributed by atoms with E-state index in [0.29, 0.717) is 0 Å². The molecule has 0 aliphatic rings.